The van der Waals surface area contributed by atoms with Crippen molar-refractivity contribution >= 4 is 11.5 Å². The van der Waals surface area contributed by atoms with E-state index in [0.29, 0.717) is 12.4 Å². The second-order valence-electron chi connectivity index (χ2n) is 4.29. The fourth-order valence-electron chi connectivity index (χ4n) is 1.74. The molecule has 0 fully saturated rings. The van der Waals surface area contributed by atoms with Crippen molar-refractivity contribution in [3.8, 4) is 11.5 Å². The molecule has 0 aliphatic heterocycles. The molecule has 4 nitrogen and oxygen atoms in total. The van der Waals surface area contributed by atoms with Gasteiger partial charge in [0.25, 0.3) is 0 Å². The molecule has 0 spiro atoms. The van der Waals surface area contributed by atoms with Crippen LogP contribution in [-0.2, 0) is 0 Å². The third-order valence-electron chi connectivity index (χ3n) is 2.71. The van der Waals surface area contributed by atoms with Crippen molar-refractivity contribution in [3.05, 3.63) is 42.1 Å². The Morgan fingerprint density at radius 1 is 1.26 bits per heavy atom. The van der Waals surface area contributed by atoms with Gasteiger partial charge in [0.05, 0.1) is 12.3 Å². The van der Waals surface area contributed by atoms with Crippen molar-refractivity contribution in [1.82, 2.24) is 4.98 Å². The minimum Gasteiger partial charge on any atom is -0.504 e. The van der Waals surface area contributed by atoms with Gasteiger partial charge in [0, 0.05) is 6.20 Å². The van der Waals surface area contributed by atoms with E-state index in [-0.39, 0.29) is 5.75 Å². The van der Waals surface area contributed by atoms with Crippen molar-refractivity contribution < 1.29 is 9.84 Å². The Morgan fingerprint density at radius 3 is 2.79 bits per heavy atom. The summed E-state index contributed by atoms with van der Waals surface area (Å²) in [4.78, 5) is 4.22. The summed E-state index contributed by atoms with van der Waals surface area (Å²) in [5.41, 5.74) is 1.75. The summed E-state index contributed by atoms with van der Waals surface area (Å²) in [5, 5.41) is 13.1. The topological polar surface area (TPSA) is 54.4 Å². The van der Waals surface area contributed by atoms with Gasteiger partial charge in [-0.15, -0.1) is 0 Å². The fourth-order valence-corrected chi connectivity index (χ4v) is 1.74. The molecule has 19 heavy (non-hydrogen) atoms. The second kappa shape index (κ2) is 6.09. The van der Waals surface area contributed by atoms with Crippen molar-refractivity contribution in [2.75, 3.05) is 11.9 Å². The molecule has 0 atom stereocenters. The summed E-state index contributed by atoms with van der Waals surface area (Å²) in [6, 6.07) is 9.12. The third kappa shape index (κ3) is 3.16. The Morgan fingerprint density at radius 2 is 2.11 bits per heavy atom. The predicted molar refractivity (Wildman–Crippen MR) is 76.1 cm³/mol. The molecule has 2 rings (SSSR count). The van der Waals surface area contributed by atoms with E-state index in [9.17, 15) is 5.11 Å². The SMILES string of the molecule is CCCOc1c(O)ccc(C)c1Nc1ccccn1. The number of anilines is 2. The van der Waals surface area contributed by atoms with E-state index in [1.165, 1.54) is 0 Å². The largest absolute Gasteiger partial charge is 0.504 e. The number of phenolic OH excluding ortho intramolecular Hbond substituents is 1. The molecule has 100 valence electrons. The Hall–Kier alpha value is -2.23. The lowest BCUT2D eigenvalue weighted by molar-refractivity contribution is 0.301. The standard InChI is InChI=1S/C15H18N2O2/c1-3-10-19-15-12(18)8-7-11(2)14(15)17-13-6-4-5-9-16-13/h4-9,18H,3,10H2,1-2H3,(H,16,17). The van der Waals surface area contributed by atoms with Crippen molar-refractivity contribution in [1.29, 1.82) is 0 Å². The highest BCUT2D eigenvalue weighted by Gasteiger charge is 2.12. The zero-order chi connectivity index (χ0) is 13.7. The van der Waals surface area contributed by atoms with E-state index in [0.717, 1.165) is 23.5 Å². The van der Waals surface area contributed by atoms with Crippen molar-refractivity contribution in [2.45, 2.75) is 20.3 Å². The number of aromatic nitrogens is 1. The highest BCUT2D eigenvalue weighted by Crippen LogP contribution is 2.38. The first kappa shape index (κ1) is 13.2. The van der Waals surface area contributed by atoms with Gasteiger partial charge in [-0.1, -0.05) is 19.1 Å². The predicted octanol–water partition coefficient (Wildman–Crippen LogP) is 3.63. The molecule has 0 bridgehead atoms. The average Bonchev–Trinajstić information content (AvgIpc) is 2.43. The maximum Gasteiger partial charge on any atom is 0.184 e. The molecular weight excluding hydrogens is 240 g/mol. The number of ether oxygens (including phenoxy) is 1. The van der Waals surface area contributed by atoms with E-state index < -0.39 is 0 Å². The number of pyridine rings is 1. The first-order chi connectivity index (χ1) is 9.22. The summed E-state index contributed by atoms with van der Waals surface area (Å²) in [6.07, 6.45) is 2.60. The Bertz CT molecular complexity index is 541. The summed E-state index contributed by atoms with van der Waals surface area (Å²) in [5.74, 6) is 1.34. The Kier molecular flexibility index (Phi) is 4.23. The maximum atomic E-state index is 9.94. The number of nitrogens with one attached hydrogen (secondary N) is 1. The van der Waals surface area contributed by atoms with Crippen LogP contribution in [0.4, 0.5) is 11.5 Å². The van der Waals surface area contributed by atoms with Crippen molar-refractivity contribution in [3.63, 3.8) is 0 Å². The van der Waals surface area contributed by atoms with Crippen LogP contribution in [0.3, 0.4) is 0 Å². The zero-order valence-corrected chi connectivity index (χ0v) is 11.2. The van der Waals surface area contributed by atoms with Gasteiger partial charge in [0.2, 0.25) is 0 Å². The maximum absolute atomic E-state index is 9.94. The van der Waals surface area contributed by atoms with Crippen LogP contribution in [0.5, 0.6) is 11.5 Å². The van der Waals surface area contributed by atoms with Crippen LogP contribution in [0.1, 0.15) is 18.9 Å². The Balaban J connectivity index is 2.34. The molecule has 2 aromatic rings. The molecule has 0 unspecified atom stereocenters. The number of phenols is 1. The molecule has 0 aliphatic rings. The number of hydrogen-bond acceptors (Lipinski definition) is 4. The highest BCUT2D eigenvalue weighted by molar-refractivity contribution is 5.71. The van der Waals surface area contributed by atoms with Gasteiger partial charge in [-0.3, -0.25) is 0 Å². The molecule has 4 heteroatoms. The quantitative estimate of drug-likeness (QED) is 0.860. The number of rotatable bonds is 5. The molecule has 0 saturated carbocycles. The van der Waals surface area contributed by atoms with Gasteiger partial charge in [-0.05, 0) is 37.1 Å². The second-order valence-corrected chi connectivity index (χ2v) is 4.29. The van der Waals surface area contributed by atoms with Crippen LogP contribution in [0, 0.1) is 6.92 Å². The molecule has 1 heterocycles. The fraction of sp³-hybridized carbons (Fsp3) is 0.267. The van der Waals surface area contributed by atoms with Crippen LogP contribution in [-0.4, -0.2) is 16.7 Å². The molecule has 0 radical (unpaired) electrons. The van der Waals surface area contributed by atoms with E-state index in [1.54, 1.807) is 12.3 Å². The molecule has 0 saturated heterocycles. The average molecular weight is 258 g/mol. The summed E-state index contributed by atoms with van der Waals surface area (Å²) in [7, 11) is 0. The van der Waals surface area contributed by atoms with Crippen LogP contribution >= 0.6 is 0 Å². The lowest BCUT2D eigenvalue weighted by atomic mass is 10.1. The monoisotopic (exact) mass is 258 g/mol. The normalized spacial score (nSPS) is 10.2. The first-order valence-electron chi connectivity index (χ1n) is 6.35. The van der Waals surface area contributed by atoms with Crippen LogP contribution in [0.25, 0.3) is 0 Å². The van der Waals surface area contributed by atoms with Crippen LogP contribution in [0.15, 0.2) is 36.5 Å². The van der Waals surface area contributed by atoms with E-state index in [2.05, 4.69) is 10.3 Å². The number of nitrogens with zero attached hydrogens (tertiary/aromatic N) is 1. The molecular formula is C15H18N2O2. The minimum atomic E-state index is 0.137. The lowest BCUT2D eigenvalue weighted by Crippen LogP contribution is -2.02. The minimum absolute atomic E-state index is 0.137. The van der Waals surface area contributed by atoms with E-state index >= 15 is 0 Å². The lowest BCUT2D eigenvalue weighted by Gasteiger charge is -2.16. The third-order valence-corrected chi connectivity index (χ3v) is 2.71. The Labute approximate surface area is 113 Å². The van der Waals surface area contributed by atoms with Gasteiger partial charge in [-0.2, -0.15) is 0 Å². The summed E-state index contributed by atoms with van der Waals surface area (Å²) < 4.78 is 5.63. The zero-order valence-electron chi connectivity index (χ0n) is 11.2. The van der Waals surface area contributed by atoms with Crippen LogP contribution < -0.4 is 10.1 Å². The summed E-state index contributed by atoms with van der Waals surface area (Å²) in [6.45, 7) is 4.55. The molecule has 0 aliphatic carbocycles. The number of aromatic hydroxyl groups is 1. The van der Waals surface area contributed by atoms with Gasteiger partial charge in [0.15, 0.2) is 11.5 Å². The molecule has 1 aromatic heterocycles. The van der Waals surface area contributed by atoms with Gasteiger partial charge in [0.1, 0.15) is 5.82 Å². The van der Waals surface area contributed by atoms with Crippen molar-refractivity contribution in [2.24, 2.45) is 0 Å². The summed E-state index contributed by atoms with van der Waals surface area (Å²) >= 11 is 0. The molecule has 0 amide bonds. The highest BCUT2D eigenvalue weighted by atomic mass is 16.5. The number of aryl methyl sites for hydroxylation is 1. The molecule has 1 aromatic carbocycles. The first-order valence-corrected chi connectivity index (χ1v) is 6.35. The number of hydrogen-bond donors (Lipinski definition) is 2. The smallest absolute Gasteiger partial charge is 0.184 e. The van der Waals surface area contributed by atoms with Gasteiger partial charge >= 0.3 is 0 Å². The van der Waals surface area contributed by atoms with Gasteiger partial charge in [-0.25, -0.2) is 4.98 Å². The molecule has 2 N–H and O–H groups in total. The van der Waals surface area contributed by atoms with E-state index in [4.69, 9.17) is 4.74 Å². The van der Waals surface area contributed by atoms with E-state index in [1.807, 2.05) is 38.1 Å². The number of benzene rings is 1. The van der Waals surface area contributed by atoms with Crippen LogP contribution in [0.2, 0.25) is 0 Å². The van der Waals surface area contributed by atoms with Gasteiger partial charge < -0.3 is 15.2 Å².